The van der Waals surface area contributed by atoms with E-state index < -0.39 is 42.0 Å². The number of benzene rings is 2. The van der Waals surface area contributed by atoms with E-state index in [1.807, 2.05) is 0 Å². The highest BCUT2D eigenvalue weighted by Gasteiger charge is 2.44. The number of carboxylic acid groups (broad SMARTS) is 1. The van der Waals surface area contributed by atoms with E-state index in [-0.39, 0.29) is 24.5 Å². The van der Waals surface area contributed by atoms with Crippen molar-refractivity contribution in [2.24, 2.45) is 0 Å². The highest BCUT2D eigenvalue weighted by Crippen LogP contribution is 2.38. The zero-order valence-electron chi connectivity index (χ0n) is 18.6. The van der Waals surface area contributed by atoms with Crippen LogP contribution < -0.4 is 10.2 Å². The predicted octanol–water partition coefficient (Wildman–Crippen LogP) is 4.58. The Hall–Kier alpha value is -3.89. The molecule has 2 N–H and O–H groups in total. The summed E-state index contributed by atoms with van der Waals surface area (Å²) in [5.74, 6) is -2.01. The summed E-state index contributed by atoms with van der Waals surface area (Å²) in [7, 11) is 0. The molecule has 0 radical (unpaired) electrons. The minimum Gasteiger partial charge on any atom is -0.478 e. The normalized spacial score (nSPS) is 14.0. The van der Waals surface area contributed by atoms with Crippen molar-refractivity contribution in [2.45, 2.75) is 38.9 Å². The van der Waals surface area contributed by atoms with Gasteiger partial charge in [-0.2, -0.15) is 18.3 Å². The van der Waals surface area contributed by atoms with Crippen LogP contribution >= 0.6 is 0 Å². The van der Waals surface area contributed by atoms with Crippen molar-refractivity contribution in [3.05, 3.63) is 82.0 Å². The summed E-state index contributed by atoms with van der Waals surface area (Å²) in [6.45, 7) is 1.62. The number of carbonyl (C=O) groups is 2. The third-order valence-electron chi connectivity index (χ3n) is 5.83. The number of alkyl halides is 4. The summed E-state index contributed by atoms with van der Waals surface area (Å²) in [5.41, 5.74) is -0.131. The summed E-state index contributed by atoms with van der Waals surface area (Å²) in [4.78, 5) is 25.8. The Balaban J connectivity index is 1.64. The fourth-order valence-corrected chi connectivity index (χ4v) is 4.11. The van der Waals surface area contributed by atoms with Gasteiger partial charge in [-0.3, -0.25) is 4.79 Å². The van der Waals surface area contributed by atoms with E-state index in [4.69, 9.17) is 5.11 Å². The average Bonchev–Trinajstić information content (AvgIpc) is 3.39. The number of fused-ring (bicyclic) bond motifs is 1. The number of anilines is 1. The molecular weight excluding hydrogens is 468 g/mol. The van der Waals surface area contributed by atoms with Crippen molar-refractivity contribution in [3.8, 4) is 0 Å². The number of aromatic nitrogens is 2. The highest BCUT2D eigenvalue weighted by atomic mass is 19.4. The van der Waals surface area contributed by atoms with Gasteiger partial charge < -0.3 is 15.3 Å². The van der Waals surface area contributed by atoms with Gasteiger partial charge in [-0.05, 0) is 35.7 Å². The molecule has 3 aromatic rings. The number of carboxylic acids is 1. The number of halogens is 4. The molecule has 1 aromatic heterocycles. The Morgan fingerprint density at radius 3 is 2.43 bits per heavy atom. The Bertz CT molecular complexity index is 1250. The standard InChI is InChI=1S/C24H22F4N4O3/c1-14(17-5-7-18(8-6-17)23(34)35)29-21(33)19-20(24(26,27)28)30-32-10-9-31(22(19)32)13-16-4-2-3-15(11-16)12-25/h2-8,11,14H,9-10,12-13H2,1H3,(H,29,33)(H,34,35). The molecule has 2 heterocycles. The van der Waals surface area contributed by atoms with Crippen molar-refractivity contribution in [3.63, 3.8) is 0 Å². The third kappa shape index (κ3) is 4.98. The highest BCUT2D eigenvalue weighted by molar-refractivity contribution is 6.01. The molecule has 1 aliphatic rings. The van der Waals surface area contributed by atoms with Crippen LogP contribution in [-0.2, 0) is 25.9 Å². The monoisotopic (exact) mass is 490 g/mol. The first kappa shape index (κ1) is 24.2. The first-order chi connectivity index (χ1) is 16.6. The summed E-state index contributed by atoms with van der Waals surface area (Å²) in [6.07, 6.45) is -4.85. The fraction of sp³-hybridized carbons (Fsp3) is 0.292. The van der Waals surface area contributed by atoms with Gasteiger partial charge in [0, 0.05) is 13.1 Å². The zero-order valence-corrected chi connectivity index (χ0v) is 18.6. The van der Waals surface area contributed by atoms with Gasteiger partial charge in [0.25, 0.3) is 5.91 Å². The average molecular weight is 490 g/mol. The Kier molecular flexibility index (Phi) is 6.51. The van der Waals surface area contributed by atoms with Crippen LogP contribution in [0.3, 0.4) is 0 Å². The van der Waals surface area contributed by atoms with E-state index in [0.717, 1.165) is 0 Å². The van der Waals surface area contributed by atoms with E-state index in [2.05, 4.69) is 10.4 Å². The van der Waals surface area contributed by atoms with E-state index in [1.165, 1.54) is 28.9 Å². The number of hydrogen-bond donors (Lipinski definition) is 2. The topological polar surface area (TPSA) is 87.5 Å². The van der Waals surface area contributed by atoms with Crippen LogP contribution in [0.25, 0.3) is 0 Å². The van der Waals surface area contributed by atoms with Gasteiger partial charge in [-0.25, -0.2) is 13.9 Å². The molecule has 1 atom stereocenters. The van der Waals surface area contributed by atoms with E-state index in [0.29, 0.717) is 23.2 Å². The Morgan fingerprint density at radius 2 is 1.80 bits per heavy atom. The van der Waals surface area contributed by atoms with Crippen LogP contribution in [0.2, 0.25) is 0 Å². The molecule has 0 bridgehead atoms. The number of hydrogen-bond acceptors (Lipinski definition) is 4. The molecule has 0 fully saturated rings. The Morgan fingerprint density at radius 1 is 1.11 bits per heavy atom. The van der Waals surface area contributed by atoms with Crippen LogP contribution in [0.15, 0.2) is 48.5 Å². The number of rotatable bonds is 7. The molecule has 0 saturated heterocycles. The van der Waals surface area contributed by atoms with Gasteiger partial charge in [0.15, 0.2) is 5.69 Å². The van der Waals surface area contributed by atoms with Crippen molar-refractivity contribution in [1.82, 2.24) is 15.1 Å². The van der Waals surface area contributed by atoms with Crippen LogP contribution in [-0.4, -0.2) is 33.3 Å². The molecule has 184 valence electrons. The molecule has 0 saturated carbocycles. The number of aromatic carboxylic acids is 1. The lowest BCUT2D eigenvalue weighted by Crippen LogP contribution is -2.31. The lowest BCUT2D eigenvalue weighted by Gasteiger charge is -2.21. The van der Waals surface area contributed by atoms with Crippen LogP contribution in [0.5, 0.6) is 0 Å². The lowest BCUT2D eigenvalue weighted by atomic mass is 10.1. The van der Waals surface area contributed by atoms with Crippen LogP contribution in [0.1, 0.15) is 56.1 Å². The smallest absolute Gasteiger partial charge is 0.436 e. The molecule has 0 spiro atoms. The lowest BCUT2D eigenvalue weighted by molar-refractivity contribution is -0.141. The van der Waals surface area contributed by atoms with Crippen LogP contribution in [0.4, 0.5) is 23.4 Å². The quantitative estimate of drug-likeness (QED) is 0.474. The summed E-state index contributed by atoms with van der Waals surface area (Å²) < 4.78 is 55.7. The maximum absolute atomic E-state index is 13.8. The zero-order chi connectivity index (χ0) is 25.3. The molecule has 35 heavy (non-hydrogen) atoms. The Labute approximate surface area is 198 Å². The summed E-state index contributed by atoms with van der Waals surface area (Å²) >= 11 is 0. The third-order valence-corrected chi connectivity index (χ3v) is 5.83. The number of amides is 1. The molecule has 1 aliphatic heterocycles. The summed E-state index contributed by atoms with van der Waals surface area (Å²) in [6, 6.07) is 11.7. The second-order valence-electron chi connectivity index (χ2n) is 8.27. The van der Waals surface area contributed by atoms with Gasteiger partial charge in [0.1, 0.15) is 18.1 Å². The SMILES string of the molecule is CC(NC(=O)c1c(C(F)(F)F)nn2c1N(Cc1cccc(CF)c1)CC2)c1ccc(C(=O)O)cc1. The minimum absolute atomic E-state index is 0.0496. The first-order valence-corrected chi connectivity index (χ1v) is 10.8. The van der Waals surface area contributed by atoms with Gasteiger partial charge >= 0.3 is 12.1 Å². The largest absolute Gasteiger partial charge is 0.478 e. The van der Waals surface area contributed by atoms with Gasteiger partial charge in [-0.1, -0.05) is 36.4 Å². The predicted molar refractivity (Wildman–Crippen MR) is 119 cm³/mol. The fourth-order valence-electron chi connectivity index (χ4n) is 4.11. The number of nitrogens with zero attached hydrogens (tertiary/aromatic N) is 3. The number of nitrogens with one attached hydrogen (secondary N) is 1. The molecular formula is C24H22F4N4O3. The maximum atomic E-state index is 13.8. The van der Waals surface area contributed by atoms with E-state index >= 15 is 0 Å². The van der Waals surface area contributed by atoms with Gasteiger partial charge in [0.2, 0.25) is 0 Å². The van der Waals surface area contributed by atoms with Crippen LogP contribution in [0, 0.1) is 0 Å². The van der Waals surface area contributed by atoms with Crippen molar-refractivity contribution in [2.75, 3.05) is 11.4 Å². The second-order valence-corrected chi connectivity index (χ2v) is 8.27. The molecule has 1 amide bonds. The second kappa shape index (κ2) is 9.40. The van der Waals surface area contributed by atoms with Gasteiger partial charge in [-0.15, -0.1) is 0 Å². The van der Waals surface area contributed by atoms with Gasteiger partial charge in [0.05, 0.1) is 18.2 Å². The molecule has 4 rings (SSSR count). The first-order valence-electron chi connectivity index (χ1n) is 10.8. The maximum Gasteiger partial charge on any atom is 0.436 e. The van der Waals surface area contributed by atoms with Crippen molar-refractivity contribution >= 4 is 17.7 Å². The summed E-state index contributed by atoms with van der Waals surface area (Å²) in [5, 5.41) is 15.3. The molecule has 2 aromatic carbocycles. The molecule has 7 nitrogen and oxygen atoms in total. The number of carbonyl (C=O) groups excluding carboxylic acids is 1. The van der Waals surface area contributed by atoms with Crippen molar-refractivity contribution < 1.29 is 32.3 Å². The van der Waals surface area contributed by atoms with Crippen molar-refractivity contribution in [1.29, 1.82) is 0 Å². The van der Waals surface area contributed by atoms with E-state index in [9.17, 15) is 27.2 Å². The van der Waals surface area contributed by atoms with E-state index in [1.54, 1.807) is 36.1 Å². The molecule has 11 heteroatoms. The minimum atomic E-state index is -4.85. The molecule has 0 aliphatic carbocycles. The molecule has 1 unspecified atom stereocenters.